The summed E-state index contributed by atoms with van der Waals surface area (Å²) in [6.45, 7) is 5.43. The highest BCUT2D eigenvalue weighted by molar-refractivity contribution is 5.94. The number of alkyl halides is 1. The molecule has 0 unspecified atom stereocenters. The summed E-state index contributed by atoms with van der Waals surface area (Å²) in [6.07, 6.45) is 7.55. The van der Waals surface area contributed by atoms with E-state index in [1.165, 1.54) is 10.5 Å². The van der Waals surface area contributed by atoms with Crippen LogP contribution in [-0.4, -0.2) is 87.2 Å². The van der Waals surface area contributed by atoms with Gasteiger partial charge in [-0.15, -0.1) is 0 Å². The van der Waals surface area contributed by atoms with Crippen molar-refractivity contribution in [1.82, 2.24) is 24.8 Å². The van der Waals surface area contributed by atoms with Gasteiger partial charge in [-0.25, -0.2) is 13.2 Å². The van der Waals surface area contributed by atoms with Gasteiger partial charge in [-0.3, -0.25) is 14.7 Å². The Morgan fingerprint density at radius 2 is 1.98 bits per heavy atom. The summed E-state index contributed by atoms with van der Waals surface area (Å²) in [4.78, 5) is 32.1. The van der Waals surface area contributed by atoms with E-state index in [9.17, 15) is 13.6 Å². The van der Waals surface area contributed by atoms with Gasteiger partial charge in [-0.05, 0) is 62.6 Å². The molecule has 4 saturated heterocycles. The zero-order valence-corrected chi connectivity index (χ0v) is 24.6. The number of hydrogen-bond donors (Lipinski definition) is 0. The van der Waals surface area contributed by atoms with Gasteiger partial charge in [0.15, 0.2) is 11.6 Å². The smallest absolute Gasteiger partial charge is 0.319 e. The number of ether oxygens (including phenoxy) is 1. The van der Waals surface area contributed by atoms with Gasteiger partial charge in [0, 0.05) is 37.8 Å². The maximum atomic E-state index is 16.6. The van der Waals surface area contributed by atoms with Gasteiger partial charge in [0.05, 0.1) is 23.0 Å². The highest BCUT2D eigenvalue weighted by Crippen LogP contribution is 2.43. The summed E-state index contributed by atoms with van der Waals surface area (Å²) in [5.41, 5.74) is 3.10. The predicted octanol–water partition coefficient (Wildman–Crippen LogP) is 4.94. The van der Waals surface area contributed by atoms with Gasteiger partial charge < -0.3 is 14.5 Å². The van der Waals surface area contributed by atoms with Crippen molar-refractivity contribution in [2.45, 2.75) is 75.2 Å². The lowest BCUT2D eigenvalue weighted by Gasteiger charge is -2.47. The number of pyridine rings is 1. The molecule has 44 heavy (non-hydrogen) atoms. The van der Waals surface area contributed by atoms with Crippen LogP contribution >= 0.6 is 0 Å². The maximum absolute atomic E-state index is 16.6. The van der Waals surface area contributed by atoms with Crippen LogP contribution in [0.1, 0.15) is 49.7 Å². The van der Waals surface area contributed by atoms with Crippen molar-refractivity contribution in [2.24, 2.45) is 0 Å². The maximum Gasteiger partial charge on any atom is 0.319 e. The summed E-state index contributed by atoms with van der Waals surface area (Å²) in [7, 11) is 0. The van der Waals surface area contributed by atoms with Gasteiger partial charge in [0.2, 0.25) is 0 Å². The largest absolute Gasteiger partial charge is 0.461 e. The molecule has 4 fully saturated rings. The first-order valence-electron chi connectivity index (χ1n) is 15.7. The molecule has 5 aliphatic rings. The number of carbonyl (C=O) groups excluding carboxylic acids is 1. The van der Waals surface area contributed by atoms with E-state index < -0.39 is 29.3 Å². The summed E-state index contributed by atoms with van der Waals surface area (Å²) in [6, 6.07) is 5.71. The Labute approximate surface area is 253 Å². The fourth-order valence-electron chi connectivity index (χ4n) is 8.42. The molecule has 1 aromatic carbocycles. The van der Waals surface area contributed by atoms with E-state index >= 15 is 4.39 Å². The minimum absolute atomic E-state index is 0.0358. The second kappa shape index (κ2) is 10.4. The number of amides is 1. The van der Waals surface area contributed by atoms with E-state index in [2.05, 4.69) is 27.5 Å². The number of hydrogen-bond acceptors (Lipinski definition) is 7. The number of aryl methyl sites for hydroxylation is 1. The van der Waals surface area contributed by atoms with E-state index in [4.69, 9.17) is 9.72 Å². The fraction of sp³-hybridized carbons (Fsp3) is 0.515. The van der Waals surface area contributed by atoms with Gasteiger partial charge >= 0.3 is 6.01 Å². The molecule has 0 saturated carbocycles. The third kappa shape index (κ3) is 4.29. The van der Waals surface area contributed by atoms with Crippen LogP contribution in [0, 0.1) is 5.82 Å². The van der Waals surface area contributed by atoms with Crippen LogP contribution in [0.5, 0.6) is 6.01 Å². The standard InChI is InChI=1S/C33H35F3N6O2/c1-19(34)31(43)41-13-10-25-26(41)17-42(25)30-24-15-37-28(23-9-4-7-20-6-2-3-8-22(20)23)27(36)29(24)38-32(39-30)44-18-33-11-5-12-40(33)16-21(35)14-33/h4,7,9,15,21,25-26H,1-3,5-6,8,10-14,16-18H2/t21-,25-,26-,33+/m1/s1. The third-order valence-corrected chi connectivity index (χ3v) is 10.6. The second-order valence-corrected chi connectivity index (χ2v) is 13.0. The predicted molar refractivity (Wildman–Crippen MR) is 159 cm³/mol. The number of rotatable bonds is 6. The van der Waals surface area contributed by atoms with E-state index in [0.717, 1.165) is 56.2 Å². The molecule has 4 atom stereocenters. The van der Waals surface area contributed by atoms with Crippen molar-refractivity contribution >= 4 is 22.6 Å². The fourth-order valence-corrected chi connectivity index (χ4v) is 8.42. The van der Waals surface area contributed by atoms with Gasteiger partial charge in [0.1, 0.15) is 29.8 Å². The lowest BCUT2D eigenvalue weighted by molar-refractivity contribution is -0.130. The van der Waals surface area contributed by atoms with Crippen molar-refractivity contribution in [1.29, 1.82) is 0 Å². The highest BCUT2D eigenvalue weighted by atomic mass is 19.1. The molecule has 3 aromatic rings. The molecular weight excluding hydrogens is 569 g/mol. The summed E-state index contributed by atoms with van der Waals surface area (Å²) >= 11 is 0. The highest BCUT2D eigenvalue weighted by Gasteiger charge is 2.51. The summed E-state index contributed by atoms with van der Waals surface area (Å²) in [5, 5.41) is 0.451. The van der Waals surface area contributed by atoms with Crippen LogP contribution in [0.25, 0.3) is 22.2 Å². The minimum Gasteiger partial charge on any atom is -0.461 e. The Bertz CT molecular complexity index is 1680. The number of anilines is 1. The number of likely N-dealkylation sites (tertiary alicyclic amines) is 1. The van der Waals surface area contributed by atoms with Crippen LogP contribution in [-0.2, 0) is 17.6 Å². The Morgan fingerprint density at radius 3 is 2.84 bits per heavy atom. The van der Waals surface area contributed by atoms with Gasteiger partial charge in [-0.2, -0.15) is 9.97 Å². The van der Waals surface area contributed by atoms with Crippen LogP contribution in [0.4, 0.5) is 19.0 Å². The van der Waals surface area contributed by atoms with E-state index in [1.54, 1.807) is 6.20 Å². The Balaban J connectivity index is 1.19. The monoisotopic (exact) mass is 604 g/mol. The summed E-state index contributed by atoms with van der Waals surface area (Å²) < 4.78 is 51.0. The van der Waals surface area contributed by atoms with E-state index in [-0.39, 0.29) is 35.9 Å². The number of nitrogens with zero attached hydrogens (tertiary/aromatic N) is 6. The summed E-state index contributed by atoms with van der Waals surface area (Å²) in [5.74, 6) is -1.73. The first-order valence-corrected chi connectivity index (χ1v) is 15.7. The number of fused-ring (bicyclic) bond motifs is 4. The quantitative estimate of drug-likeness (QED) is 0.369. The van der Waals surface area contributed by atoms with E-state index in [1.807, 2.05) is 17.0 Å². The van der Waals surface area contributed by atoms with Crippen molar-refractivity contribution < 1.29 is 22.7 Å². The molecule has 1 aliphatic carbocycles. The van der Waals surface area contributed by atoms with Gasteiger partial charge in [-0.1, -0.05) is 24.8 Å². The molecule has 0 radical (unpaired) electrons. The number of benzene rings is 1. The number of halogens is 3. The van der Waals surface area contributed by atoms with Crippen LogP contribution in [0.2, 0.25) is 0 Å². The van der Waals surface area contributed by atoms with E-state index in [0.29, 0.717) is 43.7 Å². The van der Waals surface area contributed by atoms with Gasteiger partial charge in [0.25, 0.3) is 5.91 Å². The molecule has 8 nitrogen and oxygen atoms in total. The molecule has 230 valence electrons. The Hall–Kier alpha value is -3.73. The Morgan fingerprint density at radius 1 is 1.11 bits per heavy atom. The van der Waals surface area contributed by atoms with Crippen molar-refractivity contribution in [3.8, 4) is 17.3 Å². The van der Waals surface area contributed by atoms with Crippen molar-refractivity contribution in [3.05, 3.63) is 53.7 Å². The molecule has 1 amide bonds. The van der Waals surface area contributed by atoms with Crippen molar-refractivity contribution in [3.63, 3.8) is 0 Å². The molecule has 6 heterocycles. The first-order chi connectivity index (χ1) is 21.3. The van der Waals surface area contributed by atoms with Crippen LogP contribution in [0.3, 0.4) is 0 Å². The normalized spacial score (nSPS) is 27.7. The Kier molecular flexibility index (Phi) is 6.59. The zero-order valence-electron chi connectivity index (χ0n) is 24.6. The number of carbonyl (C=O) groups is 1. The molecule has 2 aromatic heterocycles. The SMILES string of the molecule is C=C(F)C(=O)N1CC[C@@H]2[C@H]1CN2c1nc(OC[C@@]23CCCN2C[C@H](F)C3)nc2c(F)c(-c3cccc4c3CCCC4)ncc12. The lowest BCUT2D eigenvalue weighted by Crippen LogP contribution is -2.63. The third-order valence-electron chi connectivity index (χ3n) is 10.6. The first kappa shape index (κ1) is 27.8. The van der Waals surface area contributed by atoms with Crippen molar-refractivity contribution in [2.75, 3.05) is 37.7 Å². The molecule has 8 rings (SSSR count). The molecule has 0 spiro atoms. The molecule has 0 N–H and O–H groups in total. The van der Waals surface area contributed by atoms with Crippen LogP contribution < -0.4 is 9.64 Å². The molecular formula is C33H35F3N6O2. The average Bonchev–Trinajstić information content (AvgIpc) is 3.65. The lowest BCUT2D eigenvalue weighted by atomic mass is 9.87. The molecule has 0 bridgehead atoms. The zero-order chi connectivity index (χ0) is 30.2. The average molecular weight is 605 g/mol. The van der Waals surface area contributed by atoms with Crippen LogP contribution in [0.15, 0.2) is 36.8 Å². The minimum atomic E-state index is -0.975. The topological polar surface area (TPSA) is 74.7 Å². The second-order valence-electron chi connectivity index (χ2n) is 13.0. The number of aromatic nitrogens is 3. The molecule has 4 aliphatic heterocycles. The molecule has 11 heteroatoms.